The Bertz CT molecular complexity index is 790. The molecule has 0 fully saturated rings. The fraction of sp³-hybridized carbons (Fsp3) is 0.391. The van der Waals surface area contributed by atoms with Crippen LogP contribution in [0, 0.1) is 0 Å². The maximum absolute atomic E-state index is 12.2. The number of hydrogen-bond donors (Lipinski definition) is 2. The Morgan fingerprint density at radius 3 is 2.41 bits per heavy atom. The second-order valence-corrected chi connectivity index (χ2v) is 6.90. The second-order valence-electron chi connectivity index (χ2n) is 6.90. The Morgan fingerprint density at radius 2 is 1.72 bits per heavy atom. The number of carbonyl (C=O) groups excluding carboxylic acids is 2. The molecule has 0 radical (unpaired) electrons. The Morgan fingerprint density at radius 1 is 0.966 bits per heavy atom. The van der Waals surface area contributed by atoms with Gasteiger partial charge in [0.25, 0.3) is 11.8 Å². The van der Waals surface area contributed by atoms with Crippen molar-refractivity contribution in [3.8, 4) is 11.5 Å². The minimum Gasteiger partial charge on any atom is -0.494 e. The van der Waals surface area contributed by atoms with Gasteiger partial charge in [-0.05, 0) is 54.7 Å². The van der Waals surface area contributed by atoms with Crippen LogP contribution in [0.25, 0.3) is 0 Å². The topological polar surface area (TPSA) is 76.7 Å². The number of rotatable bonds is 10. The molecule has 0 heterocycles. The normalized spacial score (nSPS) is 11.4. The maximum atomic E-state index is 12.2. The van der Waals surface area contributed by atoms with E-state index in [2.05, 4.69) is 31.6 Å². The smallest absolute Gasteiger partial charge is 0.276 e. The predicted molar refractivity (Wildman–Crippen MR) is 113 cm³/mol. The van der Waals surface area contributed by atoms with Gasteiger partial charge in [-0.15, -0.1) is 0 Å². The van der Waals surface area contributed by atoms with E-state index in [1.54, 1.807) is 24.3 Å². The second kappa shape index (κ2) is 11.7. The van der Waals surface area contributed by atoms with Crippen LogP contribution in [0.3, 0.4) is 0 Å². The van der Waals surface area contributed by atoms with Gasteiger partial charge in [-0.2, -0.15) is 0 Å². The van der Waals surface area contributed by atoms with Crippen molar-refractivity contribution in [2.45, 2.75) is 46.0 Å². The largest absolute Gasteiger partial charge is 0.494 e. The lowest BCUT2D eigenvalue weighted by atomic mass is 9.99. The molecular weight excluding hydrogens is 368 g/mol. The zero-order valence-electron chi connectivity index (χ0n) is 17.4. The van der Waals surface area contributed by atoms with Crippen molar-refractivity contribution in [3.05, 3.63) is 59.7 Å². The molecule has 0 bridgehead atoms. The van der Waals surface area contributed by atoms with E-state index >= 15 is 0 Å². The number of ether oxygens (including phenoxy) is 2. The van der Waals surface area contributed by atoms with E-state index in [1.165, 1.54) is 5.56 Å². The lowest BCUT2D eigenvalue weighted by Gasteiger charge is -2.11. The standard InChI is InChI=1S/C23H30N2O4/c1-4-6-14-28-21-9-7-8-19(15-21)23(27)25-24-22(26)16-29-20-12-10-18(11-13-20)17(3)5-2/h7-13,15,17H,4-6,14,16H2,1-3H3,(H,24,26)(H,25,27). The monoisotopic (exact) mass is 398 g/mol. The summed E-state index contributed by atoms with van der Waals surface area (Å²) in [5.74, 6) is 0.854. The molecule has 0 aliphatic rings. The SMILES string of the molecule is CCCCOc1cccc(C(=O)NNC(=O)COc2ccc(C(C)CC)cc2)c1. The van der Waals surface area contributed by atoms with Crippen molar-refractivity contribution in [3.63, 3.8) is 0 Å². The first-order chi connectivity index (χ1) is 14.0. The van der Waals surface area contributed by atoms with Crippen molar-refractivity contribution in [2.24, 2.45) is 0 Å². The van der Waals surface area contributed by atoms with Crippen molar-refractivity contribution >= 4 is 11.8 Å². The van der Waals surface area contributed by atoms with Gasteiger partial charge in [-0.1, -0.05) is 45.4 Å². The number of amides is 2. The van der Waals surface area contributed by atoms with Gasteiger partial charge in [0.2, 0.25) is 0 Å². The third-order valence-electron chi connectivity index (χ3n) is 4.61. The van der Waals surface area contributed by atoms with Crippen LogP contribution in [0.5, 0.6) is 11.5 Å². The van der Waals surface area contributed by atoms with Crippen LogP contribution in [-0.2, 0) is 4.79 Å². The number of carbonyl (C=O) groups is 2. The van der Waals surface area contributed by atoms with Crippen LogP contribution >= 0.6 is 0 Å². The third kappa shape index (κ3) is 7.49. The molecule has 6 heteroatoms. The van der Waals surface area contributed by atoms with E-state index in [-0.39, 0.29) is 6.61 Å². The number of hydrazine groups is 1. The van der Waals surface area contributed by atoms with Gasteiger partial charge in [-0.25, -0.2) is 0 Å². The van der Waals surface area contributed by atoms with Crippen molar-refractivity contribution in [1.29, 1.82) is 0 Å². The van der Waals surface area contributed by atoms with E-state index in [4.69, 9.17) is 9.47 Å². The molecule has 2 aromatic rings. The van der Waals surface area contributed by atoms with Gasteiger partial charge in [-0.3, -0.25) is 20.4 Å². The molecule has 156 valence electrons. The number of unbranched alkanes of at least 4 members (excludes halogenated alkanes) is 1. The lowest BCUT2D eigenvalue weighted by molar-refractivity contribution is -0.123. The highest BCUT2D eigenvalue weighted by atomic mass is 16.5. The van der Waals surface area contributed by atoms with Gasteiger partial charge < -0.3 is 9.47 Å². The van der Waals surface area contributed by atoms with Crippen LogP contribution in [0.2, 0.25) is 0 Å². The zero-order chi connectivity index (χ0) is 21.1. The highest BCUT2D eigenvalue weighted by molar-refractivity contribution is 5.95. The minimum absolute atomic E-state index is 0.191. The molecule has 1 atom stereocenters. The summed E-state index contributed by atoms with van der Waals surface area (Å²) in [5.41, 5.74) is 6.38. The number of nitrogens with one attached hydrogen (secondary N) is 2. The van der Waals surface area contributed by atoms with Gasteiger partial charge in [0.1, 0.15) is 11.5 Å². The molecule has 2 N–H and O–H groups in total. The van der Waals surface area contributed by atoms with Crippen LogP contribution < -0.4 is 20.3 Å². The first kappa shape index (κ1) is 22.3. The molecule has 2 rings (SSSR count). The molecule has 6 nitrogen and oxygen atoms in total. The molecule has 0 saturated carbocycles. The van der Waals surface area contributed by atoms with Gasteiger partial charge in [0.15, 0.2) is 6.61 Å². The van der Waals surface area contributed by atoms with E-state index in [9.17, 15) is 9.59 Å². The molecule has 0 aliphatic carbocycles. The fourth-order valence-corrected chi connectivity index (χ4v) is 2.57. The number of benzene rings is 2. The summed E-state index contributed by atoms with van der Waals surface area (Å²) in [5, 5.41) is 0. The first-order valence-electron chi connectivity index (χ1n) is 10.1. The van der Waals surface area contributed by atoms with Crippen LogP contribution in [0.4, 0.5) is 0 Å². The Hall–Kier alpha value is -3.02. The molecular formula is C23H30N2O4. The Balaban J connectivity index is 1.77. The maximum Gasteiger partial charge on any atom is 0.276 e. The van der Waals surface area contributed by atoms with Crippen molar-refractivity contribution < 1.29 is 19.1 Å². The molecule has 0 aromatic heterocycles. The summed E-state index contributed by atoms with van der Waals surface area (Å²) in [6, 6.07) is 14.5. The highest BCUT2D eigenvalue weighted by Crippen LogP contribution is 2.21. The Kier molecular flexibility index (Phi) is 9.02. The molecule has 0 saturated heterocycles. The zero-order valence-corrected chi connectivity index (χ0v) is 17.4. The lowest BCUT2D eigenvalue weighted by Crippen LogP contribution is -2.43. The molecule has 2 amide bonds. The fourth-order valence-electron chi connectivity index (χ4n) is 2.57. The summed E-state index contributed by atoms with van der Waals surface area (Å²) in [4.78, 5) is 24.2. The summed E-state index contributed by atoms with van der Waals surface area (Å²) >= 11 is 0. The summed E-state index contributed by atoms with van der Waals surface area (Å²) in [7, 11) is 0. The van der Waals surface area contributed by atoms with Gasteiger partial charge >= 0.3 is 0 Å². The van der Waals surface area contributed by atoms with E-state index in [0.717, 1.165) is 19.3 Å². The van der Waals surface area contributed by atoms with E-state index in [1.807, 2.05) is 24.3 Å². The quantitative estimate of drug-likeness (QED) is 0.464. The molecule has 2 aromatic carbocycles. The molecule has 0 spiro atoms. The van der Waals surface area contributed by atoms with Crippen molar-refractivity contribution in [2.75, 3.05) is 13.2 Å². The van der Waals surface area contributed by atoms with Crippen LogP contribution in [0.1, 0.15) is 61.9 Å². The molecule has 0 aliphatic heterocycles. The average molecular weight is 399 g/mol. The highest BCUT2D eigenvalue weighted by Gasteiger charge is 2.09. The minimum atomic E-state index is -0.445. The van der Waals surface area contributed by atoms with Gasteiger partial charge in [0.05, 0.1) is 6.61 Å². The first-order valence-corrected chi connectivity index (χ1v) is 10.1. The Labute approximate surface area is 172 Å². The summed E-state index contributed by atoms with van der Waals surface area (Å²) in [6.07, 6.45) is 3.05. The van der Waals surface area contributed by atoms with Crippen molar-refractivity contribution in [1.82, 2.24) is 10.9 Å². The average Bonchev–Trinajstić information content (AvgIpc) is 2.76. The van der Waals surface area contributed by atoms with E-state index < -0.39 is 11.8 Å². The van der Waals surface area contributed by atoms with Crippen LogP contribution in [0.15, 0.2) is 48.5 Å². The summed E-state index contributed by atoms with van der Waals surface area (Å²) in [6.45, 7) is 6.81. The predicted octanol–water partition coefficient (Wildman–Crippen LogP) is 4.22. The molecule has 1 unspecified atom stereocenters. The number of hydrogen-bond acceptors (Lipinski definition) is 4. The molecule has 29 heavy (non-hydrogen) atoms. The third-order valence-corrected chi connectivity index (χ3v) is 4.61. The van der Waals surface area contributed by atoms with E-state index in [0.29, 0.717) is 29.6 Å². The summed E-state index contributed by atoms with van der Waals surface area (Å²) < 4.78 is 11.1. The van der Waals surface area contributed by atoms with Crippen LogP contribution in [-0.4, -0.2) is 25.0 Å². The van der Waals surface area contributed by atoms with Gasteiger partial charge in [0, 0.05) is 5.56 Å².